The summed E-state index contributed by atoms with van der Waals surface area (Å²) in [5.41, 5.74) is 0. The third-order valence-corrected chi connectivity index (χ3v) is 2.48. The Kier molecular flexibility index (Phi) is 6.73. The largest absolute Gasteiger partial charge is 1.00 e. The summed E-state index contributed by atoms with van der Waals surface area (Å²) in [6.07, 6.45) is -1.03. The minimum absolute atomic E-state index is 0. The molecule has 1 aromatic carbocycles. The molecular formula is C9H10NaO6S+. The SMILES string of the molecule is CCOC(=O)Oc1ccccc1S(=O)(=O)O.[Na+]. The van der Waals surface area contributed by atoms with Crippen molar-refractivity contribution in [2.24, 2.45) is 0 Å². The Morgan fingerprint density at radius 2 is 1.94 bits per heavy atom. The first-order valence-corrected chi connectivity index (χ1v) is 5.80. The van der Waals surface area contributed by atoms with Crippen LogP contribution in [0.2, 0.25) is 0 Å². The molecule has 8 heteroatoms. The summed E-state index contributed by atoms with van der Waals surface area (Å²) in [6.45, 7) is 1.68. The molecule has 0 saturated heterocycles. The third kappa shape index (κ3) is 5.05. The molecule has 0 atom stereocenters. The summed E-state index contributed by atoms with van der Waals surface area (Å²) in [4.78, 5) is 10.5. The van der Waals surface area contributed by atoms with Gasteiger partial charge in [0, 0.05) is 0 Å². The maximum absolute atomic E-state index is 11.0. The van der Waals surface area contributed by atoms with Gasteiger partial charge in [-0.05, 0) is 19.1 Å². The molecule has 0 unspecified atom stereocenters. The van der Waals surface area contributed by atoms with E-state index < -0.39 is 21.2 Å². The number of carbonyl (C=O) groups is 1. The van der Waals surface area contributed by atoms with Crippen molar-refractivity contribution in [1.82, 2.24) is 0 Å². The van der Waals surface area contributed by atoms with Gasteiger partial charge in [0.1, 0.15) is 4.90 Å². The number of hydrogen-bond donors (Lipinski definition) is 1. The molecule has 1 N–H and O–H groups in total. The van der Waals surface area contributed by atoms with Crippen LogP contribution in [0.4, 0.5) is 4.79 Å². The van der Waals surface area contributed by atoms with Crippen LogP contribution in [-0.2, 0) is 14.9 Å². The van der Waals surface area contributed by atoms with Gasteiger partial charge in [-0.3, -0.25) is 4.55 Å². The number of carbonyl (C=O) groups excluding carboxylic acids is 1. The van der Waals surface area contributed by atoms with Crippen LogP contribution in [0.5, 0.6) is 5.75 Å². The average molecular weight is 269 g/mol. The Hall–Kier alpha value is -0.600. The molecular weight excluding hydrogens is 259 g/mol. The van der Waals surface area contributed by atoms with E-state index in [-0.39, 0.29) is 41.9 Å². The summed E-state index contributed by atoms with van der Waals surface area (Å²) in [7, 11) is -4.43. The zero-order chi connectivity index (χ0) is 12.2. The fraction of sp³-hybridized carbons (Fsp3) is 0.222. The second-order valence-corrected chi connectivity index (χ2v) is 4.10. The van der Waals surface area contributed by atoms with Crippen LogP contribution in [0, 0.1) is 0 Å². The van der Waals surface area contributed by atoms with E-state index in [0.29, 0.717) is 0 Å². The van der Waals surface area contributed by atoms with E-state index in [1.54, 1.807) is 6.92 Å². The third-order valence-electron chi connectivity index (χ3n) is 1.58. The summed E-state index contributed by atoms with van der Waals surface area (Å²) < 4.78 is 39.8. The monoisotopic (exact) mass is 269 g/mol. The zero-order valence-corrected chi connectivity index (χ0v) is 12.2. The number of para-hydroxylation sites is 1. The molecule has 0 spiro atoms. The van der Waals surface area contributed by atoms with Crippen molar-refractivity contribution in [3.05, 3.63) is 24.3 Å². The molecule has 0 saturated carbocycles. The van der Waals surface area contributed by atoms with Crippen LogP contribution in [0.1, 0.15) is 6.92 Å². The molecule has 17 heavy (non-hydrogen) atoms. The normalized spacial score (nSPS) is 10.2. The van der Waals surface area contributed by atoms with Crippen LogP contribution < -0.4 is 34.3 Å². The number of rotatable bonds is 3. The summed E-state index contributed by atoms with van der Waals surface area (Å²) in [5, 5.41) is 0. The predicted octanol–water partition coefficient (Wildman–Crippen LogP) is -1.53. The molecule has 0 aliphatic carbocycles. The van der Waals surface area contributed by atoms with Gasteiger partial charge in [0.15, 0.2) is 5.75 Å². The second kappa shape index (κ2) is 6.97. The van der Waals surface area contributed by atoms with Gasteiger partial charge < -0.3 is 9.47 Å². The maximum atomic E-state index is 11.0. The average Bonchev–Trinajstić information content (AvgIpc) is 2.17. The first kappa shape index (κ1) is 16.4. The summed E-state index contributed by atoms with van der Waals surface area (Å²) in [6, 6.07) is 5.20. The molecule has 1 aromatic rings. The van der Waals surface area contributed by atoms with Crippen LogP contribution >= 0.6 is 0 Å². The fourth-order valence-corrected chi connectivity index (χ4v) is 1.60. The van der Waals surface area contributed by atoms with E-state index >= 15 is 0 Å². The quantitative estimate of drug-likeness (QED) is 0.310. The van der Waals surface area contributed by atoms with E-state index in [1.165, 1.54) is 18.2 Å². The smallest absolute Gasteiger partial charge is 0.434 e. The second-order valence-electron chi connectivity index (χ2n) is 2.71. The minimum Gasteiger partial charge on any atom is -0.434 e. The van der Waals surface area contributed by atoms with Crippen molar-refractivity contribution in [3.63, 3.8) is 0 Å². The van der Waals surface area contributed by atoms with Crippen LogP contribution in [-0.4, -0.2) is 25.7 Å². The maximum Gasteiger partial charge on any atom is 1.00 e. The first-order valence-electron chi connectivity index (χ1n) is 4.36. The van der Waals surface area contributed by atoms with E-state index in [0.717, 1.165) is 6.07 Å². The Morgan fingerprint density at radius 1 is 1.35 bits per heavy atom. The molecule has 0 bridgehead atoms. The van der Waals surface area contributed by atoms with E-state index in [4.69, 9.17) is 4.55 Å². The van der Waals surface area contributed by atoms with Crippen molar-refractivity contribution in [2.75, 3.05) is 6.61 Å². The van der Waals surface area contributed by atoms with Gasteiger partial charge >= 0.3 is 35.7 Å². The zero-order valence-electron chi connectivity index (χ0n) is 9.41. The Balaban J connectivity index is 0.00000256. The van der Waals surface area contributed by atoms with E-state index in [2.05, 4.69) is 9.47 Å². The number of benzene rings is 1. The molecule has 0 fully saturated rings. The molecule has 0 amide bonds. The van der Waals surface area contributed by atoms with E-state index in [1.807, 2.05) is 0 Å². The van der Waals surface area contributed by atoms with Crippen molar-refractivity contribution >= 4 is 16.3 Å². The molecule has 0 radical (unpaired) electrons. The molecule has 0 heterocycles. The van der Waals surface area contributed by atoms with E-state index in [9.17, 15) is 13.2 Å². The van der Waals surface area contributed by atoms with Gasteiger partial charge in [-0.25, -0.2) is 4.79 Å². The predicted molar refractivity (Wildman–Crippen MR) is 53.9 cm³/mol. The van der Waals surface area contributed by atoms with Gasteiger partial charge in [-0.1, -0.05) is 12.1 Å². The van der Waals surface area contributed by atoms with Crippen LogP contribution in [0.15, 0.2) is 29.2 Å². The Bertz CT molecular complexity index is 484. The van der Waals surface area contributed by atoms with Crippen molar-refractivity contribution < 1.29 is 56.8 Å². The molecule has 1 rings (SSSR count). The summed E-state index contributed by atoms with van der Waals surface area (Å²) >= 11 is 0. The molecule has 0 aliphatic heterocycles. The van der Waals surface area contributed by atoms with Crippen LogP contribution in [0.3, 0.4) is 0 Å². The topological polar surface area (TPSA) is 89.9 Å². The van der Waals surface area contributed by atoms with Gasteiger partial charge in [0.2, 0.25) is 0 Å². The van der Waals surface area contributed by atoms with Gasteiger partial charge in [-0.15, -0.1) is 0 Å². The first-order chi connectivity index (χ1) is 7.45. The Morgan fingerprint density at radius 3 is 2.47 bits per heavy atom. The van der Waals surface area contributed by atoms with Gasteiger partial charge in [0.25, 0.3) is 10.1 Å². The molecule has 6 nitrogen and oxygen atoms in total. The van der Waals surface area contributed by atoms with Crippen molar-refractivity contribution in [1.29, 1.82) is 0 Å². The van der Waals surface area contributed by atoms with Gasteiger partial charge in [0.05, 0.1) is 6.61 Å². The molecule has 88 valence electrons. The van der Waals surface area contributed by atoms with Crippen LogP contribution in [0.25, 0.3) is 0 Å². The molecule has 0 aromatic heterocycles. The standard InChI is InChI=1S/C9H10O6S.Na/c1-2-14-9(10)15-7-5-3-4-6-8(7)16(11,12)13;/h3-6H,2H2,1H3,(H,11,12,13);/q;+1. The van der Waals surface area contributed by atoms with Crippen molar-refractivity contribution in [2.45, 2.75) is 11.8 Å². The molecule has 0 aliphatic rings. The number of hydrogen-bond acceptors (Lipinski definition) is 5. The fourth-order valence-electron chi connectivity index (χ4n) is 0.985. The Labute approximate surface area is 121 Å². The van der Waals surface area contributed by atoms with Crippen molar-refractivity contribution in [3.8, 4) is 5.75 Å². The van der Waals surface area contributed by atoms with Gasteiger partial charge in [-0.2, -0.15) is 8.42 Å². The minimum atomic E-state index is -4.43. The number of ether oxygens (including phenoxy) is 2. The summed E-state index contributed by atoms with van der Waals surface area (Å²) in [5.74, 6) is -0.275.